The highest BCUT2D eigenvalue weighted by atomic mass is 35.5. The monoisotopic (exact) mass is 348 g/mol. The molecule has 0 saturated heterocycles. The summed E-state index contributed by atoms with van der Waals surface area (Å²) in [7, 11) is 4.05. The number of thioether (sulfide) groups is 1. The number of carbonyl (C=O) groups excluding carboxylic acids is 1. The van der Waals surface area contributed by atoms with Crippen molar-refractivity contribution in [3.63, 3.8) is 0 Å². The third-order valence-corrected chi connectivity index (χ3v) is 4.34. The maximum Gasteiger partial charge on any atom is 0.234 e. The Morgan fingerprint density at radius 2 is 1.87 bits per heavy atom. The van der Waals surface area contributed by atoms with Crippen molar-refractivity contribution in [2.24, 2.45) is 0 Å². The maximum absolute atomic E-state index is 12.0. The van der Waals surface area contributed by atoms with Crippen LogP contribution in [0, 0.1) is 0 Å². The fourth-order valence-electron chi connectivity index (χ4n) is 2.20. The average molecular weight is 349 g/mol. The van der Waals surface area contributed by atoms with Crippen LogP contribution in [-0.4, -0.2) is 30.7 Å². The van der Waals surface area contributed by atoms with Crippen LogP contribution >= 0.6 is 23.4 Å². The molecule has 2 rings (SSSR count). The number of rotatable bonds is 7. The number of nitrogens with one attached hydrogen (secondary N) is 1. The van der Waals surface area contributed by atoms with Crippen molar-refractivity contribution in [1.82, 2.24) is 4.90 Å². The molecule has 0 fully saturated rings. The van der Waals surface area contributed by atoms with Crippen LogP contribution in [0.15, 0.2) is 48.5 Å². The van der Waals surface area contributed by atoms with Gasteiger partial charge in [-0.2, -0.15) is 0 Å². The lowest BCUT2D eigenvalue weighted by atomic mass is 10.2. The average Bonchev–Trinajstić information content (AvgIpc) is 2.47. The predicted molar refractivity (Wildman–Crippen MR) is 100 cm³/mol. The molecular weight excluding hydrogens is 328 g/mol. The normalized spacial score (nSPS) is 10.8. The fraction of sp³-hybridized carbons (Fsp3) is 0.278. The van der Waals surface area contributed by atoms with E-state index >= 15 is 0 Å². The first kappa shape index (κ1) is 17.9. The lowest BCUT2D eigenvalue weighted by Crippen LogP contribution is -2.15. The van der Waals surface area contributed by atoms with Gasteiger partial charge in [0.15, 0.2) is 0 Å². The van der Waals surface area contributed by atoms with Gasteiger partial charge in [-0.1, -0.05) is 35.9 Å². The summed E-state index contributed by atoms with van der Waals surface area (Å²) in [5.74, 6) is 1.21. The molecule has 23 heavy (non-hydrogen) atoms. The molecule has 0 bridgehead atoms. The Hall–Kier alpha value is -1.49. The van der Waals surface area contributed by atoms with E-state index in [4.69, 9.17) is 11.6 Å². The van der Waals surface area contributed by atoms with Crippen LogP contribution in [-0.2, 0) is 17.1 Å². The summed E-state index contributed by atoms with van der Waals surface area (Å²) in [6.45, 7) is 0.854. The molecular formula is C18H21ClN2OS. The highest BCUT2D eigenvalue weighted by molar-refractivity contribution is 7.99. The summed E-state index contributed by atoms with van der Waals surface area (Å²) in [6.07, 6.45) is 0. The first-order valence-corrected chi connectivity index (χ1v) is 8.92. The Balaban J connectivity index is 1.80. The van der Waals surface area contributed by atoms with E-state index < -0.39 is 0 Å². The van der Waals surface area contributed by atoms with E-state index in [9.17, 15) is 4.79 Å². The number of amides is 1. The lowest BCUT2D eigenvalue weighted by Gasteiger charge is -2.11. The third-order valence-electron chi connectivity index (χ3n) is 3.10. The molecule has 3 nitrogen and oxygen atoms in total. The van der Waals surface area contributed by atoms with Gasteiger partial charge in [0.1, 0.15) is 0 Å². The first-order chi connectivity index (χ1) is 11.0. The zero-order valence-electron chi connectivity index (χ0n) is 13.4. The molecule has 0 aliphatic heterocycles. The second-order valence-electron chi connectivity index (χ2n) is 5.61. The molecule has 1 N–H and O–H groups in total. The number of halogens is 1. The molecule has 1 amide bonds. The van der Waals surface area contributed by atoms with Crippen molar-refractivity contribution in [2.75, 3.05) is 25.2 Å². The summed E-state index contributed by atoms with van der Waals surface area (Å²) in [5.41, 5.74) is 3.15. The lowest BCUT2D eigenvalue weighted by molar-refractivity contribution is -0.113. The topological polar surface area (TPSA) is 32.3 Å². The van der Waals surface area contributed by atoms with Gasteiger partial charge < -0.3 is 10.2 Å². The predicted octanol–water partition coefficient (Wildman–Crippen LogP) is 4.27. The summed E-state index contributed by atoms with van der Waals surface area (Å²) in [4.78, 5) is 14.1. The largest absolute Gasteiger partial charge is 0.325 e. The molecule has 0 heterocycles. The minimum atomic E-state index is 0.0130. The number of anilines is 1. The Bertz CT molecular complexity index is 661. The maximum atomic E-state index is 12.0. The van der Waals surface area contributed by atoms with Crippen molar-refractivity contribution in [3.8, 4) is 0 Å². The van der Waals surface area contributed by atoms with Crippen molar-refractivity contribution in [3.05, 3.63) is 64.7 Å². The highest BCUT2D eigenvalue weighted by Gasteiger charge is 2.04. The van der Waals surface area contributed by atoms with Gasteiger partial charge in [0.25, 0.3) is 0 Å². The van der Waals surface area contributed by atoms with Gasteiger partial charge in [0.05, 0.1) is 5.75 Å². The first-order valence-electron chi connectivity index (χ1n) is 7.38. The Morgan fingerprint density at radius 1 is 1.13 bits per heavy atom. The summed E-state index contributed by atoms with van der Waals surface area (Å²) < 4.78 is 0. The van der Waals surface area contributed by atoms with Crippen molar-refractivity contribution >= 4 is 35.0 Å². The van der Waals surface area contributed by atoms with Gasteiger partial charge in [0.2, 0.25) is 5.91 Å². The van der Waals surface area contributed by atoms with E-state index in [2.05, 4.69) is 16.3 Å². The Labute approximate surface area is 147 Å². The van der Waals surface area contributed by atoms with Crippen LogP contribution in [0.1, 0.15) is 11.1 Å². The second kappa shape index (κ2) is 8.96. The molecule has 0 aromatic heterocycles. The van der Waals surface area contributed by atoms with Gasteiger partial charge in [-0.25, -0.2) is 0 Å². The summed E-state index contributed by atoms with van der Waals surface area (Å²) >= 11 is 7.53. The molecule has 5 heteroatoms. The van der Waals surface area contributed by atoms with E-state index in [0.717, 1.165) is 28.6 Å². The quantitative estimate of drug-likeness (QED) is 0.810. The van der Waals surface area contributed by atoms with Gasteiger partial charge >= 0.3 is 0 Å². The standard InChI is InChI=1S/C18H21ClN2OS/c1-21(2)11-14-5-4-8-17(10-14)20-18(22)13-23-12-15-6-3-7-16(19)9-15/h3-10H,11-13H2,1-2H3,(H,20,22). The molecule has 0 radical (unpaired) electrons. The van der Waals surface area contributed by atoms with Gasteiger partial charge in [-0.15, -0.1) is 11.8 Å². The highest BCUT2D eigenvalue weighted by Crippen LogP contribution is 2.17. The van der Waals surface area contributed by atoms with Crippen LogP contribution in [0.4, 0.5) is 5.69 Å². The van der Waals surface area contributed by atoms with E-state index in [0.29, 0.717) is 5.75 Å². The van der Waals surface area contributed by atoms with Crippen molar-refractivity contribution in [1.29, 1.82) is 0 Å². The van der Waals surface area contributed by atoms with E-state index in [1.165, 1.54) is 5.56 Å². The third kappa shape index (κ3) is 6.65. The molecule has 2 aromatic rings. The molecule has 0 aliphatic rings. The Morgan fingerprint density at radius 3 is 2.61 bits per heavy atom. The summed E-state index contributed by atoms with van der Waals surface area (Å²) in [5, 5.41) is 3.68. The van der Waals surface area contributed by atoms with E-state index in [-0.39, 0.29) is 5.91 Å². The minimum absolute atomic E-state index is 0.0130. The molecule has 0 unspecified atom stereocenters. The van der Waals surface area contributed by atoms with Gasteiger partial charge in [-0.05, 0) is 49.5 Å². The molecule has 0 spiro atoms. The van der Waals surface area contributed by atoms with Crippen LogP contribution in [0.2, 0.25) is 5.02 Å². The fourth-order valence-corrected chi connectivity index (χ4v) is 3.19. The number of hydrogen-bond acceptors (Lipinski definition) is 3. The molecule has 0 aliphatic carbocycles. The van der Waals surface area contributed by atoms with Crippen molar-refractivity contribution < 1.29 is 4.79 Å². The minimum Gasteiger partial charge on any atom is -0.325 e. The zero-order chi connectivity index (χ0) is 16.7. The van der Waals surface area contributed by atoms with E-state index in [1.807, 2.05) is 56.6 Å². The Kier molecular flexibility index (Phi) is 6.96. The van der Waals surface area contributed by atoms with Gasteiger partial charge in [0, 0.05) is 23.0 Å². The number of benzene rings is 2. The smallest absolute Gasteiger partial charge is 0.234 e. The van der Waals surface area contributed by atoms with E-state index in [1.54, 1.807) is 11.8 Å². The molecule has 0 atom stereocenters. The number of hydrogen-bond donors (Lipinski definition) is 1. The van der Waals surface area contributed by atoms with Crippen molar-refractivity contribution in [2.45, 2.75) is 12.3 Å². The van der Waals surface area contributed by atoms with Crippen LogP contribution in [0.25, 0.3) is 0 Å². The van der Waals surface area contributed by atoms with Crippen LogP contribution < -0.4 is 5.32 Å². The molecule has 0 saturated carbocycles. The second-order valence-corrected chi connectivity index (χ2v) is 7.03. The number of carbonyl (C=O) groups is 1. The van der Waals surface area contributed by atoms with Crippen LogP contribution in [0.5, 0.6) is 0 Å². The summed E-state index contributed by atoms with van der Waals surface area (Å²) in [6, 6.07) is 15.7. The van der Waals surface area contributed by atoms with Gasteiger partial charge in [-0.3, -0.25) is 4.79 Å². The number of nitrogens with zero attached hydrogens (tertiary/aromatic N) is 1. The zero-order valence-corrected chi connectivity index (χ0v) is 15.0. The molecule has 2 aromatic carbocycles. The SMILES string of the molecule is CN(C)Cc1cccc(NC(=O)CSCc2cccc(Cl)c2)c1. The van der Waals surface area contributed by atoms with Crippen LogP contribution in [0.3, 0.4) is 0 Å². The molecule has 122 valence electrons.